The van der Waals surface area contributed by atoms with E-state index in [0.29, 0.717) is 6.61 Å². The van der Waals surface area contributed by atoms with Crippen LogP contribution in [0.15, 0.2) is 36.9 Å². The largest absolute Gasteiger partial charge is 0.494 e. The molecule has 0 fully saturated rings. The highest BCUT2D eigenvalue weighted by Gasteiger charge is 2.09. The van der Waals surface area contributed by atoms with Crippen LogP contribution in [0.2, 0.25) is 0 Å². The summed E-state index contributed by atoms with van der Waals surface area (Å²) in [6, 6.07) is 7.85. The smallest absolute Gasteiger partial charge is 0.124 e. The molecule has 0 spiro atoms. The molecule has 0 amide bonds. The first kappa shape index (κ1) is 14.0. The second-order valence-corrected chi connectivity index (χ2v) is 3.10. The predicted octanol–water partition coefficient (Wildman–Crippen LogP) is 3.08. The van der Waals surface area contributed by atoms with Crippen LogP contribution in [0.25, 0.3) is 0 Å². The van der Waals surface area contributed by atoms with E-state index in [2.05, 4.69) is 6.58 Å². The Morgan fingerprint density at radius 1 is 1.47 bits per heavy atom. The van der Waals surface area contributed by atoms with Gasteiger partial charge in [0.2, 0.25) is 0 Å². The molecular formula is C12H18ClNO. The van der Waals surface area contributed by atoms with E-state index in [1.54, 1.807) is 0 Å². The molecule has 84 valence electrons. The Kier molecular flexibility index (Phi) is 6.84. The lowest BCUT2D eigenvalue weighted by Gasteiger charge is -2.14. The number of rotatable bonds is 5. The van der Waals surface area contributed by atoms with E-state index in [4.69, 9.17) is 10.5 Å². The highest BCUT2D eigenvalue weighted by Crippen LogP contribution is 2.25. The Labute approximate surface area is 97.5 Å². The van der Waals surface area contributed by atoms with Gasteiger partial charge in [0.05, 0.1) is 6.61 Å². The summed E-state index contributed by atoms with van der Waals surface area (Å²) in [5.41, 5.74) is 7.04. The monoisotopic (exact) mass is 227 g/mol. The molecule has 1 aromatic carbocycles. The van der Waals surface area contributed by atoms with E-state index in [1.165, 1.54) is 0 Å². The van der Waals surface area contributed by atoms with Crippen LogP contribution >= 0.6 is 12.4 Å². The average molecular weight is 228 g/mol. The molecule has 0 aromatic heterocycles. The molecule has 0 aliphatic heterocycles. The Bertz CT molecular complexity index is 301. The van der Waals surface area contributed by atoms with Gasteiger partial charge in [0, 0.05) is 11.6 Å². The summed E-state index contributed by atoms with van der Waals surface area (Å²) >= 11 is 0. The SMILES string of the molecule is C=CC[C@@H](N)c1ccccc1OCC.Cl. The lowest BCUT2D eigenvalue weighted by molar-refractivity contribution is 0.334. The summed E-state index contributed by atoms with van der Waals surface area (Å²) in [4.78, 5) is 0. The Hall–Kier alpha value is -0.990. The molecule has 0 unspecified atom stereocenters. The van der Waals surface area contributed by atoms with E-state index in [1.807, 2.05) is 37.3 Å². The number of ether oxygens (including phenoxy) is 1. The Balaban J connectivity index is 0.00000196. The summed E-state index contributed by atoms with van der Waals surface area (Å²) in [5, 5.41) is 0. The second kappa shape index (κ2) is 7.32. The van der Waals surface area contributed by atoms with Gasteiger partial charge in [-0.25, -0.2) is 0 Å². The van der Waals surface area contributed by atoms with Crippen LogP contribution in [-0.4, -0.2) is 6.61 Å². The van der Waals surface area contributed by atoms with Crippen LogP contribution in [0.1, 0.15) is 24.9 Å². The number of hydrogen-bond donors (Lipinski definition) is 1. The van der Waals surface area contributed by atoms with Crippen LogP contribution in [0, 0.1) is 0 Å². The van der Waals surface area contributed by atoms with Gasteiger partial charge in [-0.15, -0.1) is 19.0 Å². The van der Waals surface area contributed by atoms with Crippen LogP contribution in [-0.2, 0) is 0 Å². The van der Waals surface area contributed by atoms with E-state index in [0.717, 1.165) is 17.7 Å². The number of hydrogen-bond acceptors (Lipinski definition) is 2. The first-order valence-electron chi connectivity index (χ1n) is 4.87. The van der Waals surface area contributed by atoms with Crippen molar-refractivity contribution in [2.45, 2.75) is 19.4 Å². The van der Waals surface area contributed by atoms with E-state index < -0.39 is 0 Å². The molecule has 1 rings (SSSR count). The number of benzene rings is 1. The normalized spacial score (nSPS) is 11.3. The van der Waals surface area contributed by atoms with Crippen molar-refractivity contribution in [1.29, 1.82) is 0 Å². The molecule has 0 radical (unpaired) electrons. The number of halogens is 1. The minimum atomic E-state index is -0.0183. The van der Waals surface area contributed by atoms with Crippen molar-refractivity contribution in [3.05, 3.63) is 42.5 Å². The molecule has 3 heteroatoms. The zero-order chi connectivity index (χ0) is 10.4. The van der Waals surface area contributed by atoms with Crippen molar-refractivity contribution >= 4 is 12.4 Å². The van der Waals surface area contributed by atoms with E-state index >= 15 is 0 Å². The van der Waals surface area contributed by atoms with Crippen LogP contribution in [0.4, 0.5) is 0 Å². The van der Waals surface area contributed by atoms with Crippen LogP contribution in [0.3, 0.4) is 0 Å². The molecule has 0 bridgehead atoms. The zero-order valence-corrected chi connectivity index (χ0v) is 9.80. The first-order valence-corrected chi connectivity index (χ1v) is 4.87. The third kappa shape index (κ3) is 3.94. The van der Waals surface area contributed by atoms with Gasteiger partial charge in [0.15, 0.2) is 0 Å². The van der Waals surface area contributed by atoms with Crippen molar-refractivity contribution in [2.75, 3.05) is 6.61 Å². The third-order valence-corrected chi connectivity index (χ3v) is 2.04. The van der Waals surface area contributed by atoms with Gasteiger partial charge in [-0.05, 0) is 19.4 Å². The molecule has 1 aromatic rings. The van der Waals surface area contributed by atoms with Gasteiger partial charge in [-0.3, -0.25) is 0 Å². The summed E-state index contributed by atoms with van der Waals surface area (Å²) in [7, 11) is 0. The molecule has 0 saturated carbocycles. The van der Waals surface area contributed by atoms with Crippen LogP contribution < -0.4 is 10.5 Å². The summed E-state index contributed by atoms with van der Waals surface area (Å²) < 4.78 is 5.49. The van der Waals surface area contributed by atoms with Gasteiger partial charge in [-0.1, -0.05) is 24.3 Å². The number of para-hydroxylation sites is 1. The van der Waals surface area contributed by atoms with E-state index in [9.17, 15) is 0 Å². The number of nitrogens with two attached hydrogens (primary N) is 1. The minimum absolute atomic E-state index is 0. The average Bonchev–Trinajstić information content (AvgIpc) is 2.19. The molecule has 0 aliphatic carbocycles. The van der Waals surface area contributed by atoms with Crippen molar-refractivity contribution in [2.24, 2.45) is 5.73 Å². The standard InChI is InChI=1S/C12H17NO.ClH/c1-3-7-11(13)10-8-5-6-9-12(10)14-4-2;/h3,5-6,8-9,11H,1,4,7,13H2,2H3;1H/t11-;/m1./s1. The van der Waals surface area contributed by atoms with Crippen molar-refractivity contribution < 1.29 is 4.74 Å². The first-order chi connectivity index (χ1) is 6.79. The molecule has 1 atom stereocenters. The van der Waals surface area contributed by atoms with Gasteiger partial charge < -0.3 is 10.5 Å². The van der Waals surface area contributed by atoms with E-state index in [-0.39, 0.29) is 18.4 Å². The zero-order valence-electron chi connectivity index (χ0n) is 8.98. The molecule has 0 heterocycles. The summed E-state index contributed by atoms with van der Waals surface area (Å²) in [5.74, 6) is 0.879. The fourth-order valence-electron chi connectivity index (χ4n) is 1.38. The summed E-state index contributed by atoms with van der Waals surface area (Å²) in [6.45, 7) is 6.31. The van der Waals surface area contributed by atoms with Crippen molar-refractivity contribution in [1.82, 2.24) is 0 Å². The molecule has 0 aliphatic rings. The second-order valence-electron chi connectivity index (χ2n) is 3.10. The highest BCUT2D eigenvalue weighted by molar-refractivity contribution is 5.85. The minimum Gasteiger partial charge on any atom is -0.494 e. The topological polar surface area (TPSA) is 35.2 Å². The molecule has 0 saturated heterocycles. The fourth-order valence-corrected chi connectivity index (χ4v) is 1.38. The van der Waals surface area contributed by atoms with Crippen molar-refractivity contribution in [3.8, 4) is 5.75 Å². The fraction of sp³-hybridized carbons (Fsp3) is 0.333. The quantitative estimate of drug-likeness (QED) is 0.785. The molecule has 2 N–H and O–H groups in total. The van der Waals surface area contributed by atoms with Gasteiger partial charge in [-0.2, -0.15) is 0 Å². The maximum Gasteiger partial charge on any atom is 0.124 e. The van der Waals surface area contributed by atoms with Gasteiger partial charge >= 0.3 is 0 Å². The van der Waals surface area contributed by atoms with Crippen molar-refractivity contribution in [3.63, 3.8) is 0 Å². The molecule has 15 heavy (non-hydrogen) atoms. The molecular weight excluding hydrogens is 210 g/mol. The van der Waals surface area contributed by atoms with Gasteiger partial charge in [0.1, 0.15) is 5.75 Å². The predicted molar refractivity (Wildman–Crippen MR) is 66.6 cm³/mol. The maximum absolute atomic E-state index is 5.99. The lowest BCUT2D eigenvalue weighted by atomic mass is 10.0. The Morgan fingerprint density at radius 2 is 2.13 bits per heavy atom. The third-order valence-electron chi connectivity index (χ3n) is 2.04. The lowest BCUT2D eigenvalue weighted by Crippen LogP contribution is -2.11. The maximum atomic E-state index is 5.99. The van der Waals surface area contributed by atoms with Gasteiger partial charge in [0.25, 0.3) is 0 Å². The van der Waals surface area contributed by atoms with Crippen LogP contribution in [0.5, 0.6) is 5.75 Å². The Morgan fingerprint density at radius 3 is 2.73 bits per heavy atom. The highest BCUT2D eigenvalue weighted by atomic mass is 35.5. The summed E-state index contributed by atoms with van der Waals surface area (Å²) in [6.07, 6.45) is 2.59. The molecule has 2 nitrogen and oxygen atoms in total.